The van der Waals surface area contributed by atoms with Crippen molar-refractivity contribution in [3.63, 3.8) is 0 Å². The van der Waals surface area contributed by atoms with E-state index < -0.39 is 25.0 Å². The number of hydrogen-bond donors (Lipinski definition) is 0. The molecule has 6 heteroatoms. The van der Waals surface area contributed by atoms with Crippen LogP contribution in [0.25, 0.3) is 5.57 Å². The Morgan fingerprint density at radius 1 is 1.21 bits per heavy atom. The lowest BCUT2D eigenvalue weighted by Gasteiger charge is -2.33. The summed E-state index contributed by atoms with van der Waals surface area (Å²) in [6, 6.07) is 8.61. The number of benzene rings is 1. The van der Waals surface area contributed by atoms with Crippen molar-refractivity contribution in [2.75, 3.05) is 13.2 Å². The maximum absolute atomic E-state index is 14.8. The molecule has 1 heterocycles. The number of nitrogens with zero attached hydrogens (tertiary/aromatic N) is 1. The van der Waals surface area contributed by atoms with Crippen LogP contribution < -0.4 is 5.46 Å². The van der Waals surface area contributed by atoms with Crippen LogP contribution in [0.1, 0.15) is 25.8 Å². The quantitative estimate of drug-likeness (QED) is 0.782. The van der Waals surface area contributed by atoms with Crippen molar-refractivity contribution < 1.29 is 18.1 Å². The topological polar surface area (TPSA) is 42.2 Å². The first-order chi connectivity index (χ1) is 11.3. The molecule has 1 aromatic carbocycles. The van der Waals surface area contributed by atoms with Gasteiger partial charge in [0.1, 0.15) is 11.9 Å². The molecule has 124 valence electrons. The van der Waals surface area contributed by atoms with Gasteiger partial charge in [0.2, 0.25) is 5.67 Å². The molecule has 24 heavy (non-hydrogen) atoms. The largest absolute Gasteiger partial charge is 0.493 e. The van der Waals surface area contributed by atoms with Gasteiger partial charge in [-0.1, -0.05) is 44.2 Å². The molecule has 0 aromatic heterocycles. The summed E-state index contributed by atoms with van der Waals surface area (Å²) in [6.07, 6.45) is 1.96. The van der Waals surface area contributed by atoms with Crippen molar-refractivity contribution in [2.45, 2.75) is 25.9 Å². The Bertz CT molecular complexity index is 744. The maximum atomic E-state index is 14.8. The highest BCUT2D eigenvalue weighted by molar-refractivity contribution is 6.61. The minimum atomic E-state index is -2.37. The molecule has 1 unspecified atom stereocenters. The first-order valence-electron chi connectivity index (χ1n) is 7.84. The first kappa shape index (κ1) is 16.9. The predicted octanol–water partition coefficient (Wildman–Crippen LogP) is 3.33. The Balaban J connectivity index is 1.90. The summed E-state index contributed by atoms with van der Waals surface area (Å²) in [7, 11) is -0.523. The third kappa shape index (κ3) is 3.28. The molecule has 1 aliphatic heterocycles. The van der Waals surface area contributed by atoms with Crippen LogP contribution in [-0.2, 0) is 9.31 Å². The first-order valence-corrected chi connectivity index (χ1v) is 7.84. The van der Waals surface area contributed by atoms with Gasteiger partial charge in [0.15, 0.2) is 0 Å². The number of rotatable bonds is 2. The van der Waals surface area contributed by atoms with Crippen molar-refractivity contribution >= 4 is 18.2 Å². The van der Waals surface area contributed by atoms with Crippen LogP contribution in [0.5, 0.6) is 0 Å². The average Bonchev–Trinajstić information content (AvgIpc) is 2.55. The van der Waals surface area contributed by atoms with Crippen LogP contribution in [0, 0.1) is 16.7 Å². The molecule has 1 fully saturated rings. The molecule has 1 aromatic rings. The highest BCUT2D eigenvalue weighted by Gasteiger charge is 2.39. The Hall–Kier alpha value is -1.97. The summed E-state index contributed by atoms with van der Waals surface area (Å²) in [5.41, 5.74) is -0.980. The van der Waals surface area contributed by atoms with Crippen molar-refractivity contribution in [1.29, 1.82) is 5.26 Å². The van der Waals surface area contributed by atoms with E-state index in [1.807, 2.05) is 6.07 Å². The molecule has 2 aliphatic rings. The van der Waals surface area contributed by atoms with E-state index in [2.05, 4.69) is 13.8 Å². The zero-order valence-corrected chi connectivity index (χ0v) is 13.7. The van der Waals surface area contributed by atoms with Gasteiger partial charge in [0.25, 0.3) is 0 Å². The van der Waals surface area contributed by atoms with Gasteiger partial charge in [-0.05, 0) is 17.1 Å². The molecule has 0 radical (unpaired) electrons. The van der Waals surface area contributed by atoms with Crippen LogP contribution in [-0.4, -0.2) is 26.0 Å². The Kier molecular flexibility index (Phi) is 4.33. The summed E-state index contributed by atoms with van der Waals surface area (Å²) in [5.74, 6) is -0.639. The van der Waals surface area contributed by atoms with E-state index in [0.717, 1.165) is 5.46 Å². The standard InChI is InChI=1S/C18H18BF2NO2/c1-17(2)11-23-19(24-12-17)14-5-3-4-13(8-14)16-7-6-15(20)9-18(16,21)10-22/h3-8H,9,11-12H2,1-2H3. The molecule has 3 nitrogen and oxygen atoms in total. The number of hydrogen-bond acceptors (Lipinski definition) is 3. The average molecular weight is 329 g/mol. The number of allylic oxidation sites excluding steroid dienone is 4. The molecular formula is C18H18BF2NO2. The minimum Gasteiger partial charge on any atom is -0.407 e. The van der Waals surface area contributed by atoms with Gasteiger partial charge in [0.05, 0.1) is 6.42 Å². The minimum absolute atomic E-state index is 0.0444. The zero-order chi connectivity index (χ0) is 17.4. The van der Waals surface area contributed by atoms with Gasteiger partial charge in [0, 0.05) is 24.2 Å². The molecule has 0 amide bonds. The van der Waals surface area contributed by atoms with Crippen molar-refractivity contribution in [3.8, 4) is 6.07 Å². The highest BCUT2D eigenvalue weighted by atomic mass is 19.1. The van der Waals surface area contributed by atoms with Crippen molar-refractivity contribution in [2.24, 2.45) is 5.41 Å². The monoisotopic (exact) mass is 329 g/mol. The summed E-state index contributed by atoms with van der Waals surface area (Å²) < 4.78 is 39.7. The fourth-order valence-corrected chi connectivity index (χ4v) is 2.86. The van der Waals surface area contributed by atoms with Gasteiger partial charge >= 0.3 is 7.12 Å². The zero-order valence-electron chi connectivity index (χ0n) is 13.7. The fourth-order valence-electron chi connectivity index (χ4n) is 2.86. The van der Waals surface area contributed by atoms with E-state index in [9.17, 15) is 8.78 Å². The number of alkyl halides is 1. The van der Waals surface area contributed by atoms with E-state index in [4.69, 9.17) is 14.6 Å². The summed E-state index contributed by atoms with van der Waals surface area (Å²) in [6.45, 7) is 5.23. The van der Waals surface area contributed by atoms with Gasteiger partial charge < -0.3 is 9.31 Å². The Labute approximate surface area is 140 Å². The number of nitriles is 1. The normalized spacial score (nSPS) is 26.4. The van der Waals surface area contributed by atoms with Crippen molar-refractivity contribution in [3.05, 3.63) is 47.8 Å². The van der Waals surface area contributed by atoms with Gasteiger partial charge in [-0.25, -0.2) is 8.78 Å². The SMILES string of the molecule is CC1(C)COB(c2cccc(C3=CC=C(F)CC3(F)C#N)c2)OC1. The van der Waals surface area contributed by atoms with E-state index >= 15 is 0 Å². The molecule has 1 atom stereocenters. The van der Waals surface area contributed by atoms with Crippen LogP contribution in [0.4, 0.5) is 8.78 Å². The van der Waals surface area contributed by atoms with Crippen LogP contribution in [0.3, 0.4) is 0 Å². The lowest BCUT2D eigenvalue weighted by Crippen LogP contribution is -2.47. The van der Waals surface area contributed by atoms with Gasteiger partial charge in [-0.15, -0.1) is 0 Å². The van der Waals surface area contributed by atoms with Crippen LogP contribution in [0.15, 0.2) is 42.2 Å². The fraction of sp³-hybridized carbons (Fsp3) is 0.389. The maximum Gasteiger partial charge on any atom is 0.493 e. The molecule has 0 N–H and O–H groups in total. The molecule has 0 bridgehead atoms. The van der Waals surface area contributed by atoms with Crippen molar-refractivity contribution in [1.82, 2.24) is 0 Å². The van der Waals surface area contributed by atoms with Gasteiger partial charge in [-0.2, -0.15) is 5.26 Å². The Morgan fingerprint density at radius 2 is 1.92 bits per heavy atom. The van der Waals surface area contributed by atoms with Crippen LogP contribution >= 0.6 is 0 Å². The second kappa shape index (κ2) is 6.16. The van der Waals surface area contributed by atoms with E-state index in [-0.39, 0.29) is 11.0 Å². The summed E-state index contributed by atoms with van der Waals surface area (Å²) >= 11 is 0. The van der Waals surface area contributed by atoms with Gasteiger partial charge in [-0.3, -0.25) is 0 Å². The second-order valence-corrected chi connectivity index (χ2v) is 7.03. The summed E-state index contributed by atoms with van der Waals surface area (Å²) in [5, 5.41) is 9.17. The molecular weight excluding hydrogens is 311 g/mol. The molecule has 0 saturated carbocycles. The van der Waals surface area contributed by atoms with E-state index in [1.165, 1.54) is 12.2 Å². The molecule has 1 aliphatic carbocycles. The second-order valence-electron chi connectivity index (χ2n) is 7.03. The predicted molar refractivity (Wildman–Crippen MR) is 88.8 cm³/mol. The third-order valence-corrected chi connectivity index (χ3v) is 4.17. The van der Waals surface area contributed by atoms with E-state index in [0.29, 0.717) is 18.8 Å². The molecule has 1 saturated heterocycles. The number of halogens is 2. The van der Waals surface area contributed by atoms with E-state index in [1.54, 1.807) is 24.3 Å². The molecule has 3 rings (SSSR count). The summed E-state index contributed by atoms with van der Waals surface area (Å²) in [4.78, 5) is 0. The third-order valence-electron chi connectivity index (χ3n) is 4.17. The molecule has 0 spiro atoms. The lowest BCUT2D eigenvalue weighted by molar-refractivity contribution is 0.0343. The smallest absolute Gasteiger partial charge is 0.407 e. The highest BCUT2D eigenvalue weighted by Crippen LogP contribution is 2.39. The Morgan fingerprint density at radius 3 is 2.58 bits per heavy atom. The lowest BCUT2D eigenvalue weighted by atomic mass is 9.74. The van der Waals surface area contributed by atoms with Crippen LogP contribution in [0.2, 0.25) is 0 Å².